The molecule has 0 radical (unpaired) electrons. The summed E-state index contributed by atoms with van der Waals surface area (Å²) in [5, 5.41) is 12.4. The van der Waals surface area contributed by atoms with Crippen LogP contribution in [0.25, 0.3) is 34.5 Å². The van der Waals surface area contributed by atoms with Crippen molar-refractivity contribution in [2.45, 2.75) is 13.5 Å². The summed E-state index contributed by atoms with van der Waals surface area (Å²) in [6, 6.07) is 24.8. The van der Waals surface area contributed by atoms with Crippen LogP contribution in [-0.2, 0) is 11.3 Å². The summed E-state index contributed by atoms with van der Waals surface area (Å²) < 4.78 is 12.6. The maximum atomic E-state index is 12.0. The molecular weight excluding hydrogens is 589 g/mol. The standard InChI is InChI=1S/C33H25Cl2N3O5/c1-3-37-20-30(27-15-11-24(34)18-29(27)35)36-32(37)17-6-21-4-7-22(8-5-21)23-9-12-25(13-10-23)43-26-14-16-31(38(40)41)28(19-26)33(39)42-2/h4-20H,3H2,1-2H3. The summed E-state index contributed by atoms with van der Waals surface area (Å²) in [4.78, 5) is 27.4. The van der Waals surface area contributed by atoms with Crippen LogP contribution >= 0.6 is 23.2 Å². The number of nitro benzene ring substituents is 1. The Labute approximate surface area is 257 Å². The van der Waals surface area contributed by atoms with E-state index in [9.17, 15) is 14.9 Å². The minimum Gasteiger partial charge on any atom is -0.465 e. The van der Waals surface area contributed by atoms with Gasteiger partial charge in [-0.1, -0.05) is 65.7 Å². The van der Waals surface area contributed by atoms with Gasteiger partial charge in [0.25, 0.3) is 5.69 Å². The number of carbonyl (C=O) groups excluding carboxylic acids is 1. The molecule has 216 valence electrons. The van der Waals surface area contributed by atoms with Crippen LogP contribution in [0.2, 0.25) is 10.0 Å². The summed E-state index contributed by atoms with van der Waals surface area (Å²) in [5.41, 5.74) is 4.09. The zero-order chi connectivity index (χ0) is 30.5. The molecule has 0 fully saturated rings. The average molecular weight is 614 g/mol. The number of aromatic nitrogens is 2. The van der Waals surface area contributed by atoms with Gasteiger partial charge in [-0.3, -0.25) is 10.1 Å². The number of aryl methyl sites for hydroxylation is 1. The summed E-state index contributed by atoms with van der Waals surface area (Å²) in [6.45, 7) is 2.82. The first-order valence-corrected chi connectivity index (χ1v) is 14.0. The fourth-order valence-corrected chi connectivity index (χ4v) is 4.97. The highest BCUT2D eigenvalue weighted by Gasteiger charge is 2.22. The van der Waals surface area contributed by atoms with E-state index >= 15 is 0 Å². The third-order valence-corrected chi connectivity index (χ3v) is 7.23. The number of halogens is 2. The van der Waals surface area contributed by atoms with Gasteiger partial charge in [-0.05, 0) is 66.1 Å². The number of rotatable bonds is 9. The van der Waals surface area contributed by atoms with Gasteiger partial charge in [0.2, 0.25) is 0 Å². The van der Waals surface area contributed by atoms with Crippen molar-refractivity contribution < 1.29 is 19.2 Å². The lowest BCUT2D eigenvalue weighted by atomic mass is 10.0. The minimum absolute atomic E-state index is 0.180. The maximum absolute atomic E-state index is 12.0. The molecule has 10 heteroatoms. The molecule has 1 heterocycles. The van der Waals surface area contributed by atoms with E-state index in [0.717, 1.165) is 40.3 Å². The number of benzene rings is 4. The van der Waals surface area contributed by atoms with Gasteiger partial charge in [-0.25, -0.2) is 9.78 Å². The van der Waals surface area contributed by atoms with Crippen molar-refractivity contribution in [2.75, 3.05) is 7.11 Å². The number of imidazole rings is 1. The first-order valence-electron chi connectivity index (χ1n) is 13.2. The van der Waals surface area contributed by atoms with Gasteiger partial charge in [0.05, 0.1) is 22.7 Å². The van der Waals surface area contributed by atoms with Gasteiger partial charge in [-0.15, -0.1) is 0 Å². The molecule has 0 saturated carbocycles. The molecule has 0 aliphatic rings. The molecule has 0 unspecified atom stereocenters. The molecule has 0 aliphatic carbocycles. The van der Waals surface area contributed by atoms with Gasteiger partial charge in [0.1, 0.15) is 22.9 Å². The molecule has 4 aromatic carbocycles. The maximum Gasteiger partial charge on any atom is 0.345 e. The minimum atomic E-state index is -0.811. The fourth-order valence-electron chi connectivity index (χ4n) is 4.46. The van der Waals surface area contributed by atoms with Crippen molar-refractivity contribution in [2.24, 2.45) is 0 Å². The highest BCUT2D eigenvalue weighted by atomic mass is 35.5. The highest BCUT2D eigenvalue weighted by Crippen LogP contribution is 2.32. The number of carbonyl (C=O) groups is 1. The number of nitro groups is 1. The predicted octanol–water partition coefficient (Wildman–Crippen LogP) is 9.20. The van der Waals surface area contributed by atoms with E-state index in [-0.39, 0.29) is 17.0 Å². The van der Waals surface area contributed by atoms with Gasteiger partial charge < -0.3 is 14.0 Å². The quantitative estimate of drug-likeness (QED) is 0.0933. The Morgan fingerprint density at radius 2 is 1.60 bits per heavy atom. The number of methoxy groups -OCH3 is 1. The molecule has 0 atom stereocenters. The van der Waals surface area contributed by atoms with E-state index in [2.05, 4.69) is 16.2 Å². The zero-order valence-electron chi connectivity index (χ0n) is 23.2. The van der Waals surface area contributed by atoms with E-state index in [4.69, 9.17) is 32.9 Å². The number of ether oxygens (including phenoxy) is 2. The predicted molar refractivity (Wildman–Crippen MR) is 169 cm³/mol. The molecule has 0 amide bonds. The molecule has 0 N–H and O–H groups in total. The fraction of sp³-hybridized carbons (Fsp3) is 0.0909. The largest absolute Gasteiger partial charge is 0.465 e. The van der Waals surface area contributed by atoms with Crippen LogP contribution in [-0.4, -0.2) is 27.6 Å². The van der Waals surface area contributed by atoms with Crippen LogP contribution in [0.4, 0.5) is 5.69 Å². The molecule has 5 aromatic rings. The van der Waals surface area contributed by atoms with E-state index in [1.165, 1.54) is 25.3 Å². The second-order valence-corrected chi connectivity index (χ2v) is 10.2. The Balaban J connectivity index is 1.28. The molecular formula is C33H25Cl2N3O5. The van der Waals surface area contributed by atoms with Crippen LogP contribution in [0.5, 0.6) is 11.5 Å². The summed E-state index contributed by atoms with van der Waals surface area (Å²) in [7, 11) is 1.17. The number of esters is 1. The molecule has 0 aliphatic heterocycles. The third kappa shape index (κ3) is 6.77. The van der Waals surface area contributed by atoms with Gasteiger partial charge in [-0.2, -0.15) is 0 Å². The molecule has 0 spiro atoms. The van der Waals surface area contributed by atoms with Crippen LogP contribution in [0, 0.1) is 10.1 Å². The lowest BCUT2D eigenvalue weighted by molar-refractivity contribution is -0.385. The van der Waals surface area contributed by atoms with Gasteiger partial charge in [0.15, 0.2) is 0 Å². The SMILES string of the molecule is CCn1cc(-c2ccc(Cl)cc2Cl)nc1C=Cc1ccc(-c2ccc(Oc3ccc([N+](=O)[O-])c(C(=O)OC)c3)cc2)cc1. The smallest absolute Gasteiger partial charge is 0.345 e. The monoisotopic (exact) mass is 613 g/mol. The number of hydrogen-bond acceptors (Lipinski definition) is 6. The van der Waals surface area contributed by atoms with Crippen LogP contribution < -0.4 is 4.74 Å². The van der Waals surface area contributed by atoms with Crippen LogP contribution in [0.3, 0.4) is 0 Å². The Morgan fingerprint density at radius 3 is 2.23 bits per heavy atom. The number of nitrogens with zero attached hydrogens (tertiary/aromatic N) is 3. The average Bonchev–Trinajstić information content (AvgIpc) is 3.43. The number of hydrogen-bond donors (Lipinski definition) is 0. The lowest BCUT2D eigenvalue weighted by Crippen LogP contribution is -2.05. The normalized spacial score (nSPS) is 11.1. The molecule has 8 nitrogen and oxygen atoms in total. The van der Waals surface area contributed by atoms with Crippen molar-refractivity contribution in [1.29, 1.82) is 0 Å². The topological polar surface area (TPSA) is 96.5 Å². The second-order valence-electron chi connectivity index (χ2n) is 9.40. The van der Waals surface area contributed by atoms with Crippen molar-refractivity contribution in [3.8, 4) is 33.9 Å². The molecule has 43 heavy (non-hydrogen) atoms. The first kappa shape index (κ1) is 29.6. The first-order chi connectivity index (χ1) is 20.7. The Hall–Kier alpha value is -4.92. The lowest BCUT2D eigenvalue weighted by Gasteiger charge is -2.09. The molecule has 1 aromatic heterocycles. The Bertz CT molecular complexity index is 1830. The van der Waals surface area contributed by atoms with Crippen molar-refractivity contribution in [3.05, 3.63) is 128 Å². The van der Waals surface area contributed by atoms with E-state index < -0.39 is 10.9 Å². The molecule has 5 rings (SSSR count). The van der Waals surface area contributed by atoms with Crippen molar-refractivity contribution >= 4 is 47.0 Å². The third-order valence-electron chi connectivity index (χ3n) is 6.68. The van der Waals surface area contributed by atoms with E-state index in [1.54, 1.807) is 24.3 Å². The summed E-state index contributed by atoms with van der Waals surface area (Å²) >= 11 is 12.4. The van der Waals surface area contributed by atoms with E-state index in [0.29, 0.717) is 15.8 Å². The highest BCUT2D eigenvalue weighted by molar-refractivity contribution is 6.36. The Kier molecular flexibility index (Phi) is 8.90. The van der Waals surface area contributed by atoms with Crippen molar-refractivity contribution in [1.82, 2.24) is 9.55 Å². The van der Waals surface area contributed by atoms with Gasteiger partial charge >= 0.3 is 5.97 Å². The van der Waals surface area contributed by atoms with Gasteiger partial charge in [0, 0.05) is 35.5 Å². The molecule has 0 bridgehead atoms. The zero-order valence-corrected chi connectivity index (χ0v) is 24.7. The second kappa shape index (κ2) is 12.9. The summed E-state index contributed by atoms with van der Waals surface area (Å²) in [6.07, 6.45) is 5.96. The van der Waals surface area contributed by atoms with Crippen LogP contribution in [0.15, 0.2) is 91.1 Å². The van der Waals surface area contributed by atoms with Crippen molar-refractivity contribution in [3.63, 3.8) is 0 Å². The van der Waals surface area contributed by atoms with E-state index in [1.807, 2.05) is 60.8 Å². The molecule has 0 saturated heterocycles. The Morgan fingerprint density at radius 1 is 0.930 bits per heavy atom. The van der Waals surface area contributed by atoms with Crippen LogP contribution in [0.1, 0.15) is 28.7 Å². The summed E-state index contributed by atoms with van der Waals surface area (Å²) in [5.74, 6) is 0.796.